The molecule has 1 N–H and O–H groups in total. The highest BCUT2D eigenvalue weighted by Crippen LogP contribution is 2.34. The summed E-state index contributed by atoms with van der Waals surface area (Å²) in [6.45, 7) is 5.95. The van der Waals surface area contributed by atoms with E-state index in [4.69, 9.17) is 23.2 Å². The van der Waals surface area contributed by atoms with Crippen molar-refractivity contribution in [3.63, 3.8) is 0 Å². The lowest BCUT2D eigenvalue weighted by Crippen LogP contribution is -2.09. The van der Waals surface area contributed by atoms with Crippen molar-refractivity contribution in [2.24, 2.45) is 0 Å². The maximum atomic E-state index is 13.1. The van der Waals surface area contributed by atoms with E-state index in [1.165, 1.54) is 12.1 Å². The lowest BCUT2D eigenvalue weighted by Gasteiger charge is -2.16. The van der Waals surface area contributed by atoms with Crippen molar-refractivity contribution in [1.29, 1.82) is 0 Å². The highest BCUT2D eigenvalue weighted by molar-refractivity contribution is 7.11. The molecule has 0 fully saturated rings. The van der Waals surface area contributed by atoms with Crippen LogP contribution in [0, 0.1) is 19.7 Å². The van der Waals surface area contributed by atoms with E-state index in [0.29, 0.717) is 5.69 Å². The molecule has 0 spiro atoms. The lowest BCUT2D eigenvalue weighted by atomic mass is 10.2. The number of nitrogens with one attached hydrogen (secondary N) is 1. The van der Waals surface area contributed by atoms with E-state index < -0.39 is 5.82 Å². The number of aromatic nitrogens is 1. The van der Waals surface area contributed by atoms with Crippen LogP contribution in [0.4, 0.5) is 10.1 Å². The van der Waals surface area contributed by atoms with E-state index >= 15 is 0 Å². The lowest BCUT2D eigenvalue weighted by molar-refractivity contribution is 0.628. The van der Waals surface area contributed by atoms with Crippen LogP contribution in [0.2, 0.25) is 10.0 Å². The molecule has 0 saturated heterocycles. The van der Waals surface area contributed by atoms with E-state index in [1.54, 1.807) is 11.3 Å². The third kappa shape index (κ3) is 3.19. The van der Waals surface area contributed by atoms with E-state index in [-0.39, 0.29) is 16.1 Å². The second-order valence-corrected chi connectivity index (χ2v) is 6.51. The summed E-state index contributed by atoms with van der Waals surface area (Å²) in [5, 5.41) is 4.73. The Bertz CT molecular complexity index is 590. The third-order valence-electron chi connectivity index (χ3n) is 2.72. The number of rotatable bonds is 3. The van der Waals surface area contributed by atoms with Gasteiger partial charge in [0.2, 0.25) is 0 Å². The Balaban J connectivity index is 2.29. The van der Waals surface area contributed by atoms with Crippen molar-refractivity contribution >= 4 is 40.2 Å². The molecule has 0 aliphatic heterocycles. The molecule has 2 aromatic rings. The van der Waals surface area contributed by atoms with Gasteiger partial charge < -0.3 is 5.32 Å². The predicted molar refractivity (Wildman–Crippen MR) is 80.0 cm³/mol. The molecule has 0 bridgehead atoms. The number of aryl methyl sites for hydroxylation is 2. The average molecular weight is 319 g/mol. The van der Waals surface area contributed by atoms with E-state index in [1.807, 2.05) is 20.8 Å². The minimum atomic E-state index is -0.450. The number of halogens is 3. The molecule has 1 atom stereocenters. The molecule has 1 unspecified atom stereocenters. The first-order valence-corrected chi connectivity index (χ1v) is 7.30. The van der Waals surface area contributed by atoms with Crippen molar-refractivity contribution in [3.8, 4) is 0 Å². The first kappa shape index (κ1) is 14.6. The molecule has 0 aliphatic carbocycles. The van der Waals surface area contributed by atoms with E-state index in [0.717, 1.165) is 15.6 Å². The fraction of sp³-hybridized carbons (Fsp3) is 0.308. The van der Waals surface area contributed by atoms with Gasteiger partial charge in [0.25, 0.3) is 0 Å². The van der Waals surface area contributed by atoms with Crippen molar-refractivity contribution in [2.75, 3.05) is 5.32 Å². The topological polar surface area (TPSA) is 24.9 Å². The van der Waals surface area contributed by atoms with Crippen molar-refractivity contribution in [1.82, 2.24) is 4.98 Å². The fourth-order valence-corrected chi connectivity index (χ4v) is 3.40. The zero-order valence-electron chi connectivity index (χ0n) is 10.7. The van der Waals surface area contributed by atoms with Crippen LogP contribution in [-0.2, 0) is 0 Å². The van der Waals surface area contributed by atoms with Gasteiger partial charge in [-0.3, -0.25) is 0 Å². The molecule has 0 aliphatic rings. The predicted octanol–water partition coefficient (Wildman–Crippen LogP) is 5.38. The van der Waals surface area contributed by atoms with Crippen LogP contribution in [0.15, 0.2) is 12.1 Å². The Morgan fingerprint density at radius 1 is 1.26 bits per heavy atom. The van der Waals surface area contributed by atoms with Crippen LogP contribution >= 0.6 is 34.5 Å². The second kappa shape index (κ2) is 5.65. The summed E-state index contributed by atoms with van der Waals surface area (Å²) in [5.74, 6) is -0.450. The summed E-state index contributed by atoms with van der Waals surface area (Å²) < 4.78 is 13.1. The maximum absolute atomic E-state index is 13.1. The second-order valence-electron chi connectivity index (χ2n) is 4.28. The third-order valence-corrected chi connectivity index (χ3v) is 4.22. The molecule has 0 radical (unpaired) electrons. The minimum absolute atomic E-state index is 0.0505. The van der Waals surface area contributed by atoms with Gasteiger partial charge in [0.1, 0.15) is 5.82 Å². The largest absolute Gasteiger partial charge is 0.374 e. The smallest absolute Gasteiger partial charge is 0.126 e. The van der Waals surface area contributed by atoms with Gasteiger partial charge in [0, 0.05) is 4.88 Å². The fourth-order valence-electron chi connectivity index (χ4n) is 1.91. The summed E-state index contributed by atoms with van der Waals surface area (Å²) in [7, 11) is 0. The van der Waals surface area contributed by atoms with Gasteiger partial charge in [-0.05, 0) is 32.9 Å². The number of hydrogen-bond acceptors (Lipinski definition) is 3. The number of benzene rings is 1. The number of hydrogen-bond donors (Lipinski definition) is 1. The van der Waals surface area contributed by atoms with Crippen LogP contribution in [0.1, 0.15) is 28.5 Å². The van der Waals surface area contributed by atoms with Gasteiger partial charge in [-0.15, -0.1) is 11.3 Å². The van der Waals surface area contributed by atoms with Gasteiger partial charge >= 0.3 is 0 Å². The number of thiazole rings is 1. The summed E-state index contributed by atoms with van der Waals surface area (Å²) in [5.41, 5.74) is 1.49. The molecule has 2 rings (SSSR count). The van der Waals surface area contributed by atoms with Crippen LogP contribution in [0.5, 0.6) is 0 Å². The van der Waals surface area contributed by atoms with Crippen molar-refractivity contribution in [2.45, 2.75) is 26.8 Å². The summed E-state index contributed by atoms with van der Waals surface area (Å²) in [4.78, 5) is 5.62. The molecule has 1 aromatic heterocycles. The molecule has 6 heteroatoms. The highest BCUT2D eigenvalue weighted by atomic mass is 35.5. The molecule has 1 aromatic carbocycles. The van der Waals surface area contributed by atoms with Crippen LogP contribution in [-0.4, -0.2) is 4.98 Å². The van der Waals surface area contributed by atoms with E-state index in [2.05, 4.69) is 10.3 Å². The molecule has 2 nitrogen and oxygen atoms in total. The molecule has 19 heavy (non-hydrogen) atoms. The molecular weight excluding hydrogens is 306 g/mol. The highest BCUT2D eigenvalue weighted by Gasteiger charge is 2.16. The zero-order valence-corrected chi connectivity index (χ0v) is 13.0. The Morgan fingerprint density at radius 2 is 1.84 bits per heavy atom. The van der Waals surface area contributed by atoms with Gasteiger partial charge in [-0.2, -0.15) is 0 Å². The molecule has 102 valence electrons. The van der Waals surface area contributed by atoms with Crippen molar-refractivity contribution in [3.05, 3.63) is 43.6 Å². The standard InChI is InChI=1S/C13H13Cl2FN2S/c1-6(12-7(2)19-8(3)18-12)17-13-10(14)4-9(16)5-11(13)15/h4-6,17H,1-3H3. The Labute approximate surface area is 125 Å². The summed E-state index contributed by atoms with van der Waals surface area (Å²) in [6.07, 6.45) is 0. The van der Waals surface area contributed by atoms with Crippen molar-refractivity contribution < 1.29 is 4.39 Å². The van der Waals surface area contributed by atoms with Gasteiger partial charge in [-0.1, -0.05) is 23.2 Å². The molecule has 1 heterocycles. The van der Waals surface area contributed by atoms with Crippen LogP contribution < -0.4 is 5.32 Å². The van der Waals surface area contributed by atoms with E-state index in [9.17, 15) is 4.39 Å². The number of nitrogens with zero attached hydrogens (tertiary/aromatic N) is 1. The van der Waals surface area contributed by atoms with Gasteiger partial charge in [-0.25, -0.2) is 9.37 Å². The molecule has 0 amide bonds. The molecule has 0 saturated carbocycles. The molecular formula is C13H13Cl2FN2S. The minimum Gasteiger partial charge on any atom is -0.374 e. The Morgan fingerprint density at radius 3 is 2.32 bits per heavy atom. The van der Waals surface area contributed by atoms with Crippen LogP contribution in [0.25, 0.3) is 0 Å². The number of anilines is 1. The van der Waals surface area contributed by atoms with Gasteiger partial charge in [0.15, 0.2) is 0 Å². The average Bonchev–Trinajstić information content (AvgIpc) is 2.62. The zero-order chi connectivity index (χ0) is 14.2. The monoisotopic (exact) mass is 318 g/mol. The SMILES string of the molecule is Cc1nc(C(C)Nc2c(Cl)cc(F)cc2Cl)c(C)s1. The summed E-state index contributed by atoms with van der Waals surface area (Å²) >= 11 is 13.7. The normalized spacial score (nSPS) is 12.5. The Kier molecular flexibility index (Phi) is 4.33. The quantitative estimate of drug-likeness (QED) is 0.821. The Hall–Kier alpha value is -0.840. The first-order valence-electron chi connectivity index (χ1n) is 5.73. The van der Waals surface area contributed by atoms with Crippen LogP contribution in [0.3, 0.4) is 0 Å². The maximum Gasteiger partial charge on any atom is 0.126 e. The summed E-state index contributed by atoms with van der Waals surface area (Å²) in [6, 6.07) is 2.42. The van der Waals surface area contributed by atoms with Gasteiger partial charge in [0.05, 0.1) is 32.5 Å². The first-order chi connectivity index (χ1) is 8.88.